The summed E-state index contributed by atoms with van der Waals surface area (Å²) in [5.41, 5.74) is 4.25. The Balaban J connectivity index is 2.05. The van der Waals surface area contributed by atoms with E-state index >= 15 is 0 Å². The Hall–Kier alpha value is -3.26. The molecule has 2 aromatic carbocycles. The van der Waals surface area contributed by atoms with Crippen molar-refractivity contribution >= 4 is 5.91 Å². The lowest BCUT2D eigenvalue weighted by Crippen LogP contribution is -2.29. The van der Waals surface area contributed by atoms with Crippen LogP contribution in [0, 0.1) is 25.2 Å². The van der Waals surface area contributed by atoms with Crippen molar-refractivity contribution in [3.63, 3.8) is 0 Å². The summed E-state index contributed by atoms with van der Waals surface area (Å²) in [7, 11) is 0. The summed E-state index contributed by atoms with van der Waals surface area (Å²) < 4.78 is 5.66. The van der Waals surface area contributed by atoms with Crippen LogP contribution in [-0.2, 0) is 11.3 Å². The molecular formula is C23H27N3O2. The van der Waals surface area contributed by atoms with Gasteiger partial charge in [0.15, 0.2) is 0 Å². The fourth-order valence-electron chi connectivity index (χ4n) is 2.89. The van der Waals surface area contributed by atoms with E-state index in [1.54, 1.807) is 0 Å². The third-order valence-corrected chi connectivity index (χ3v) is 4.28. The van der Waals surface area contributed by atoms with Crippen molar-refractivity contribution in [2.45, 2.75) is 40.3 Å². The third-order valence-electron chi connectivity index (χ3n) is 4.28. The molecule has 0 aliphatic heterocycles. The molecule has 0 bridgehead atoms. The van der Waals surface area contributed by atoms with Gasteiger partial charge >= 0.3 is 0 Å². The second kappa shape index (κ2) is 10.2. The number of amides is 1. The van der Waals surface area contributed by atoms with Crippen LogP contribution in [0.3, 0.4) is 0 Å². The van der Waals surface area contributed by atoms with Gasteiger partial charge in [0.25, 0.3) is 5.91 Å². The van der Waals surface area contributed by atoms with Gasteiger partial charge in [-0.3, -0.25) is 4.79 Å². The van der Waals surface area contributed by atoms with E-state index < -0.39 is 5.91 Å². The molecule has 1 amide bonds. The molecule has 0 saturated carbocycles. The van der Waals surface area contributed by atoms with Gasteiger partial charge in [0.2, 0.25) is 0 Å². The first kappa shape index (κ1) is 21.0. The molecule has 0 aliphatic carbocycles. The number of carbonyl (C=O) groups excluding carboxylic acids is 1. The first-order chi connectivity index (χ1) is 13.4. The van der Waals surface area contributed by atoms with Gasteiger partial charge in [0.1, 0.15) is 17.4 Å². The monoisotopic (exact) mass is 377 g/mol. The SMILES string of the molecule is CCOc1ccc(C)cc1C(C)NC(=O)/C(C#N)=C\NCc1cccc(C)c1. The van der Waals surface area contributed by atoms with Crippen LogP contribution in [0.5, 0.6) is 5.75 Å². The van der Waals surface area contributed by atoms with Crippen LogP contribution in [-0.4, -0.2) is 12.5 Å². The second-order valence-corrected chi connectivity index (χ2v) is 6.71. The van der Waals surface area contributed by atoms with Crippen LogP contribution in [0.2, 0.25) is 0 Å². The minimum absolute atomic E-state index is 0.0325. The van der Waals surface area contributed by atoms with E-state index in [0.29, 0.717) is 13.2 Å². The van der Waals surface area contributed by atoms with Crippen molar-refractivity contribution in [3.05, 3.63) is 76.5 Å². The van der Waals surface area contributed by atoms with E-state index in [9.17, 15) is 10.1 Å². The summed E-state index contributed by atoms with van der Waals surface area (Å²) in [5.74, 6) is 0.316. The van der Waals surface area contributed by atoms with Gasteiger partial charge in [-0.15, -0.1) is 0 Å². The number of benzene rings is 2. The first-order valence-electron chi connectivity index (χ1n) is 9.38. The molecule has 1 unspecified atom stereocenters. The van der Waals surface area contributed by atoms with Gasteiger partial charge in [0.05, 0.1) is 12.6 Å². The van der Waals surface area contributed by atoms with Crippen molar-refractivity contribution in [2.75, 3.05) is 6.61 Å². The number of ether oxygens (including phenoxy) is 1. The van der Waals surface area contributed by atoms with Crippen molar-refractivity contribution in [2.24, 2.45) is 0 Å². The topological polar surface area (TPSA) is 74.1 Å². The number of hydrogen-bond donors (Lipinski definition) is 2. The molecule has 0 aromatic heterocycles. The summed E-state index contributed by atoms with van der Waals surface area (Å²) in [6.07, 6.45) is 1.46. The standard InChI is InChI=1S/C23H27N3O2/c1-5-28-22-10-9-17(3)12-21(22)18(4)26-23(27)20(13-24)15-25-14-19-8-6-7-16(2)11-19/h6-12,15,18,25H,5,14H2,1-4H3,(H,26,27)/b20-15-. The molecule has 0 saturated heterocycles. The highest BCUT2D eigenvalue weighted by Crippen LogP contribution is 2.26. The van der Waals surface area contributed by atoms with Gasteiger partial charge in [-0.2, -0.15) is 5.26 Å². The molecule has 28 heavy (non-hydrogen) atoms. The van der Waals surface area contributed by atoms with Crippen molar-refractivity contribution in [3.8, 4) is 11.8 Å². The van der Waals surface area contributed by atoms with Crippen LogP contribution in [0.15, 0.2) is 54.2 Å². The normalized spacial score (nSPS) is 12.0. The first-order valence-corrected chi connectivity index (χ1v) is 9.38. The molecule has 2 aromatic rings. The zero-order valence-corrected chi connectivity index (χ0v) is 16.9. The summed E-state index contributed by atoms with van der Waals surface area (Å²) in [5, 5.41) is 15.3. The molecule has 0 spiro atoms. The largest absolute Gasteiger partial charge is 0.494 e. The van der Waals surface area contributed by atoms with Gasteiger partial charge < -0.3 is 15.4 Å². The van der Waals surface area contributed by atoms with Crippen LogP contribution in [0.4, 0.5) is 0 Å². The maximum Gasteiger partial charge on any atom is 0.263 e. The average Bonchev–Trinajstić information content (AvgIpc) is 2.66. The number of carbonyl (C=O) groups is 1. The zero-order chi connectivity index (χ0) is 20.5. The van der Waals surface area contributed by atoms with Crippen LogP contribution < -0.4 is 15.4 Å². The van der Waals surface area contributed by atoms with E-state index in [-0.39, 0.29) is 11.6 Å². The predicted octanol–water partition coefficient (Wildman–Crippen LogP) is 4.08. The fourth-order valence-corrected chi connectivity index (χ4v) is 2.89. The van der Waals surface area contributed by atoms with Crippen molar-refractivity contribution in [1.82, 2.24) is 10.6 Å². The lowest BCUT2D eigenvalue weighted by molar-refractivity contribution is -0.117. The van der Waals surface area contributed by atoms with Gasteiger partial charge in [-0.05, 0) is 39.3 Å². The Labute approximate surface area is 167 Å². The minimum Gasteiger partial charge on any atom is -0.494 e. The quantitative estimate of drug-likeness (QED) is 0.537. The molecule has 5 heteroatoms. The predicted molar refractivity (Wildman–Crippen MR) is 111 cm³/mol. The number of aryl methyl sites for hydroxylation is 2. The maximum absolute atomic E-state index is 12.5. The van der Waals surface area contributed by atoms with Gasteiger partial charge in [0, 0.05) is 18.3 Å². The van der Waals surface area contributed by atoms with Crippen LogP contribution in [0.1, 0.15) is 42.1 Å². The number of nitriles is 1. The highest BCUT2D eigenvalue weighted by molar-refractivity contribution is 5.97. The molecule has 0 heterocycles. The van der Waals surface area contributed by atoms with E-state index in [4.69, 9.17) is 4.74 Å². The molecule has 0 aliphatic rings. The smallest absolute Gasteiger partial charge is 0.263 e. The molecule has 2 N–H and O–H groups in total. The number of rotatable bonds is 8. The molecule has 146 valence electrons. The van der Waals surface area contributed by atoms with Crippen LogP contribution in [0.25, 0.3) is 0 Å². The van der Waals surface area contributed by atoms with E-state index in [1.807, 2.05) is 70.2 Å². The lowest BCUT2D eigenvalue weighted by Gasteiger charge is -2.18. The Morgan fingerprint density at radius 1 is 1.21 bits per heavy atom. The number of nitrogens with zero attached hydrogens (tertiary/aromatic N) is 1. The van der Waals surface area contributed by atoms with Crippen molar-refractivity contribution in [1.29, 1.82) is 5.26 Å². The second-order valence-electron chi connectivity index (χ2n) is 6.71. The lowest BCUT2D eigenvalue weighted by atomic mass is 10.0. The van der Waals surface area contributed by atoms with Gasteiger partial charge in [-0.1, -0.05) is 47.5 Å². The maximum atomic E-state index is 12.5. The Bertz CT molecular complexity index is 897. The Morgan fingerprint density at radius 2 is 1.96 bits per heavy atom. The number of hydrogen-bond acceptors (Lipinski definition) is 4. The molecule has 5 nitrogen and oxygen atoms in total. The molecule has 0 fully saturated rings. The van der Waals surface area contributed by atoms with E-state index in [1.165, 1.54) is 11.8 Å². The molecule has 2 rings (SSSR count). The zero-order valence-electron chi connectivity index (χ0n) is 16.9. The summed E-state index contributed by atoms with van der Waals surface area (Å²) >= 11 is 0. The van der Waals surface area contributed by atoms with E-state index in [0.717, 1.165) is 22.4 Å². The van der Waals surface area contributed by atoms with Gasteiger partial charge in [-0.25, -0.2) is 0 Å². The van der Waals surface area contributed by atoms with Crippen molar-refractivity contribution < 1.29 is 9.53 Å². The summed E-state index contributed by atoms with van der Waals surface area (Å²) in [6.45, 7) is 8.90. The fraction of sp³-hybridized carbons (Fsp3) is 0.304. The Morgan fingerprint density at radius 3 is 2.64 bits per heavy atom. The average molecular weight is 377 g/mol. The third kappa shape index (κ3) is 5.88. The van der Waals surface area contributed by atoms with E-state index in [2.05, 4.69) is 16.7 Å². The highest BCUT2D eigenvalue weighted by atomic mass is 16.5. The minimum atomic E-state index is -0.421. The summed E-state index contributed by atoms with van der Waals surface area (Å²) in [4.78, 5) is 12.5. The summed E-state index contributed by atoms with van der Waals surface area (Å²) in [6, 6.07) is 15.6. The Kier molecular flexibility index (Phi) is 7.65. The molecule has 1 atom stereocenters. The molecular weight excluding hydrogens is 350 g/mol. The highest BCUT2D eigenvalue weighted by Gasteiger charge is 2.17. The van der Waals surface area contributed by atoms with Crippen LogP contribution >= 0.6 is 0 Å². The molecule has 0 radical (unpaired) electrons. The number of nitrogens with one attached hydrogen (secondary N) is 2.